The molecule has 1 aliphatic rings. The highest BCUT2D eigenvalue weighted by Gasteiger charge is 2.39. The summed E-state index contributed by atoms with van der Waals surface area (Å²) in [7, 11) is -3.42. The van der Waals surface area contributed by atoms with Gasteiger partial charge in [-0.1, -0.05) is 0 Å². The van der Waals surface area contributed by atoms with Gasteiger partial charge < -0.3 is 9.64 Å². The zero-order valence-corrected chi connectivity index (χ0v) is 13.9. The lowest BCUT2D eigenvalue weighted by Gasteiger charge is -2.31. The van der Waals surface area contributed by atoms with Crippen molar-refractivity contribution in [2.45, 2.75) is 45.7 Å². The number of sulfonamides is 1. The summed E-state index contributed by atoms with van der Waals surface area (Å²) in [5.74, 6) is -0.815. The molecule has 1 aliphatic heterocycles. The second-order valence-electron chi connectivity index (χ2n) is 5.40. The van der Waals surface area contributed by atoms with Crippen LogP contribution in [0.25, 0.3) is 0 Å². The number of ether oxygens (including phenoxy) is 1. The van der Waals surface area contributed by atoms with Gasteiger partial charge in [0.25, 0.3) is 0 Å². The van der Waals surface area contributed by atoms with Crippen LogP contribution in [-0.2, 0) is 24.3 Å². The van der Waals surface area contributed by atoms with Crippen LogP contribution in [-0.4, -0.2) is 67.5 Å². The van der Waals surface area contributed by atoms with Crippen molar-refractivity contribution >= 4 is 21.9 Å². The van der Waals surface area contributed by atoms with Crippen molar-refractivity contribution < 1.29 is 22.7 Å². The van der Waals surface area contributed by atoms with Crippen molar-refractivity contribution in [1.29, 1.82) is 0 Å². The molecule has 0 radical (unpaired) electrons. The summed E-state index contributed by atoms with van der Waals surface area (Å²) < 4.78 is 29.5. The summed E-state index contributed by atoms with van der Waals surface area (Å²) >= 11 is 0. The van der Waals surface area contributed by atoms with Crippen LogP contribution in [0.3, 0.4) is 0 Å². The first-order valence-corrected chi connectivity index (χ1v) is 8.96. The molecule has 1 heterocycles. The minimum absolute atomic E-state index is 0.154. The van der Waals surface area contributed by atoms with Crippen molar-refractivity contribution in [2.24, 2.45) is 0 Å². The van der Waals surface area contributed by atoms with Gasteiger partial charge in [-0.2, -0.15) is 4.31 Å². The predicted molar refractivity (Wildman–Crippen MR) is 78.1 cm³/mol. The molecule has 7 nitrogen and oxygen atoms in total. The third kappa shape index (κ3) is 4.67. The fourth-order valence-electron chi connectivity index (χ4n) is 2.44. The molecular formula is C13H24N2O5S. The normalized spacial score (nSPS) is 19.8. The molecule has 0 spiro atoms. The molecule has 0 aromatic heterocycles. The van der Waals surface area contributed by atoms with E-state index in [0.29, 0.717) is 19.4 Å². The minimum atomic E-state index is -3.42. The van der Waals surface area contributed by atoms with Gasteiger partial charge in [-0.25, -0.2) is 8.42 Å². The number of nitrogens with zero attached hydrogens (tertiary/aromatic N) is 2. The number of carbonyl (C=O) groups excluding carboxylic acids is 2. The van der Waals surface area contributed by atoms with Gasteiger partial charge >= 0.3 is 5.97 Å². The molecule has 0 saturated carbocycles. The van der Waals surface area contributed by atoms with E-state index in [4.69, 9.17) is 4.74 Å². The van der Waals surface area contributed by atoms with Crippen molar-refractivity contribution in [3.8, 4) is 0 Å². The molecule has 21 heavy (non-hydrogen) atoms. The van der Waals surface area contributed by atoms with Crippen LogP contribution in [0.4, 0.5) is 0 Å². The molecule has 0 N–H and O–H groups in total. The topological polar surface area (TPSA) is 84.0 Å². The molecule has 1 amide bonds. The van der Waals surface area contributed by atoms with Crippen LogP contribution in [0.15, 0.2) is 0 Å². The van der Waals surface area contributed by atoms with Crippen LogP contribution in [0.5, 0.6) is 0 Å². The van der Waals surface area contributed by atoms with Crippen molar-refractivity contribution in [3.05, 3.63) is 0 Å². The second-order valence-corrected chi connectivity index (χ2v) is 7.33. The zero-order chi connectivity index (χ0) is 16.2. The van der Waals surface area contributed by atoms with E-state index in [2.05, 4.69) is 0 Å². The van der Waals surface area contributed by atoms with Gasteiger partial charge in [-0.3, -0.25) is 9.59 Å². The maximum absolute atomic E-state index is 12.6. The quantitative estimate of drug-likeness (QED) is 0.653. The molecule has 1 atom stereocenters. The molecule has 0 aromatic rings. The molecule has 1 fully saturated rings. The van der Waals surface area contributed by atoms with Gasteiger partial charge in [-0.15, -0.1) is 0 Å². The van der Waals surface area contributed by atoms with Crippen LogP contribution >= 0.6 is 0 Å². The number of hydrogen-bond acceptors (Lipinski definition) is 5. The van der Waals surface area contributed by atoms with Gasteiger partial charge in [0.2, 0.25) is 15.9 Å². The molecule has 8 heteroatoms. The summed E-state index contributed by atoms with van der Waals surface area (Å²) in [6.07, 6.45) is 2.23. The van der Waals surface area contributed by atoms with Gasteiger partial charge in [-0.05, 0) is 33.6 Å². The lowest BCUT2D eigenvalue weighted by atomic mass is 10.1. The van der Waals surface area contributed by atoms with Crippen molar-refractivity contribution in [2.75, 3.05) is 26.0 Å². The van der Waals surface area contributed by atoms with Gasteiger partial charge in [0.15, 0.2) is 0 Å². The Hall–Kier alpha value is -1.15. The van der Waals surface area contributed by atoms with Gasteiger partial charge in [0.05, 0.1) is 12.9 Å². The lowest BCUT2D eigenvalue weighted by molar-refractivity contribution is -0.151. The Labute approximate surface area is 126 Å². The first-order chi connectivity index (χ1) is 9.68. The summed E-state index contributed by atoms with van der Waals surface area (Å²) in [4.78, 5) is 25.6. The minimum Gasteiger partial charge on any atom is -0.465 e. The number of esters is 1. The first kappa shape index (κ1) is 17.9. The van der Waals surface area contributed by atoms with E-state index in [-0.39, 0.29) is 25.1 Å². The van der Waals surface area contributed by atoms with E-state index in [1.165, 1.54) is 9.21 Å². The largest absolute Gasteiger partial charge is 0.465 e. The highest BCUT2D eigenvalue weighted by molar-refractivity contribution is 7.88. The highest BCUT2D eigenvalue weighted by Crippen LogP contribution is 2.23. The Balaban J connectivity index is 2.88. The molecule has 1 rings (SSSR count). The summed E-state index contributed by atoms with van der Waals surface area (Å²) in [5.41, 5.74) is 0. The molecule has 0 bridgehead atoms. The van der Waals surface area contributed by atoms with E-state index in [9.17, 15) is 18.0 Å². The molecule has 1 unspecified atom stereocenters. The molecular weight excluding hydrogens is 296 g/mol. The molecule has 0 aromatic carbocycles. The molecule has 0 aliphatic carbocycles. The average Bonchev–Trinajstić information content (AvgIpc) is 2.84. The average molecular weight is 320 g/mol. The maximum atomic E-state index is 12.6. The fraction of sp³-hybridized carbons (Fsp3) is 0.846. The third-order valence-electron chi connectivity index (χ3n) is 3.43. The Morgan fingerprint density at radius 1 is 1.38 bits per heavy atom. The molecule has 122 valence electrons. The second kappa shape index (κ2) is 7.22. The predicted octanol–water partition coefficient (Wildman–Crippen LogP) is 0.211. The summed E-state index contributed by atoms with van der Waals surface area (Å²) in [6.45, 7) is 5.71. The monoisotopic (exact) mass is 320 g/mol. The number of rotatable bonds is 6. The van der Waals surface area contributed by atoms with Crippen LogP contribution < -0.4 is 0 Å². The van der Waals surface area contributed by atoms with E-state index in [1.54, 1.807) is 20.8 Å². The van der Waals surface area contributed by atoms with Gasteiger partial charge in [0.1, 0.15) is 12.6 Å². The zero-order valence-electron chi connectivity index (χ0n) is 13.0. The Kier molecular flexibility index (Phi) is 6.15. The fourth-order valence-corrected chi connectivity index (χ4v) is 3.55. The van der Waals surface area contributed by atoms with E-state index in [0.717, 1.165) is 6.26 Å². The van der Waals surface area contributed by atoms with Crippen LogP contribution in [0.2, 0.25) is 0 Å². The van der Waals surface area contributed by atoms with E-state index >= 15 is 0 Å². The number of amides is 1. The number of carbonyl (C=O) groups is 2. The van der Waals surface area contributed by atoms with Crippen molar-refractivity contribution in [3.63, 3.8) is 0 Å². The summed E-state index contributed by atoms with van der Waals surface area (Å²) in [6, 6.07) is -0.916. The van der Waals surface area contributed by atoms with Crippen LogP contribution in [0.1, 0.15) is 33.6 Å². The van der Waals surface area contributed by atoms with Gasteiger partial charge in [0, 0.05) is 12.6 Å². The Morgan fingerprint density at radius 2 is 2.00 bits per heavy atom. The SMILES string of the molecule is CCOC(=O)CN(C(=O)C1CCCN1S(C)(=O)=O)C(C)C. The smallest absolute Gasteiger partial charge is 0.325 e. The number of hydrogen-bond donors (Lipinski definition) is 0. The third-order valence-corrected chi connectivity index (χ3v) is 4.71. The Bertz CT molecular complexity index is 489. The summed E-state index contributed by atoms with van der Waals surface area (Å²) in [5, 5.41) is 0. The van der Waals surface area contributed by atoms with Crippen LogP contribution in [0, 0.1) is 0 Å². The maximum Gasteiger partial charge on any atom is 0.325 e. The lowest BCUT2D eigenvalue weighted by Crippen LogP contribution is -2.51. The highest BCUT2D eigenvalue weighted by atomic mass is 32.2. The standard InChI is InChI=1S/C13H24N2O5S/c1-5-20-12(16)9-14(10(2)3)13(17)11-7-6-8-15(11)21(4,18)19/h10-11H,5-9H2,1-4H3. The van der Waals surface area contributed by atoms with E-state index < -0.39 is 22.0 Å². The van der Waals surface area contributed by atoms with E-state index in [1.807, 2.05) is 0 Å². The van der Waals surface area contributed by atoms with Crippen molar-refractivity contribution in [1.82, 2.24) is 9.21 Å². The first-order valence-electron chi connectivity index (χ1n) is 7.11. The molecule has 1 saturated heterocycles. The Morgan fingerprint density at radius 3 is 2.48 bits per heavy atom.